The highest BCUT2D eigenvalue weighted by Crippen LogP contribution is 2.20. The van der Waals surface area contributed by atoms with E-state index in [1.165, 1.54) is 12.1 Å². The molecule has 0 saturated carbocycles. The van der Waals surface area contributed by atoms with E-state index < -0.39 is 0 Å². The maximum absolute atomic E-state index is 12.9. The van der Waals surface area contributed by atoms with Crippen LogP contribution in [0.1, 0.15) is 39.7 Å². The van der Waals surface area contributed by atoms with E-state index in [1.807, 2.05) is 0 Å². The number of halogens is 1. The summed E-state index contributed by atoms with van der Waals surface area (Å²) in [5, 5.41) is 3.04. The molecule has 134 valence electrons. The van der Waals surface area contributed by atoms with Crippen LogP contribution in [0.3, 0.4) is 0 Å². The standard InChI is InChI=1S/C19H29FN2O2/c1-14-11-22(12-15(2)24-14)19(3,4)13-21-18(23)10-7-16-5-8-17(20)9-6-16/h5-6,8-9,14-15H,7,10-13H2,1-4H3,(H,21,23)/t14-,15+. The molecule has 4 nitrogen and oxygen atoms in total. The number of nitrogens with one attached hydrogen (secondary N) is 1. The second-order valence-corrected chi connectivity index (χ2v) is 7.38. The molecular weight excluding hydrogens is 307 g/mol. The predicted octanol–water partition coefficient (Wildman–Crippen LogP) is 2.76. The maximum atomic E-state index is 12.9. The fraction of sp³-hybridized carbons (Fsp3) is 0.632. The van der Waals surface area contributed by atoms with Crippen LogP contribution in [0.4, 0.5) is 4.39 Å². The summed E-state index contributed by atoms with van der Waals surface area (Å²) in [4.78, 5) is 14.5. The minimum absolute atomic E-state index is 0.0294. The lowest BCUT2D eigenvalue weighted by Crippen LogP contribution is -2.58. The topological polar surface area (TPSA) is 41.6 Å². The molecule has 1 aliphatic rings. The van der Waals surface area contributed by atoms with Gasteiger partial charge in [0.2, 0.25) is 5.91 Å². The molecule has 1 aliphatic heterocycles. The molecule has 0 unspecified atom stereocenters. The van der Waals surface area contributed by atoms with Gasteiger partial charge in [-0.05, 0) is 51.8 Å². The van der Waals surface area contributed by atoms with E-state index in [0.29, 0.717) is 19.4 Å². The number of hydrogen-bond acceptors (Lipinski definition) is 3. The summed E-state index contributed by atoms with van der Waals surface area (Å²) >= 11 is 0. The molecule has 1 aromatic carbocycles. The second kappa shape index (κ2) is 8.08. The third-order valence-corrected chi connectivity index (χ3v) is 4.55. The summed E-state index contributed by atoms with van der Waals surface area (Å²) in [7, 11) is 0. The van der Waals surface area contributed by atoms with Crippen molar-refractivity contribution in [3.8, 4) is 0 Å². The van der Waals surface area contributed by atoms with Crippen LogP contribution < -0.4 is 5.32 Å². The lowest BCUT2D eigenvalue weighted by atomic mass is 10.00. The van der Waals surface area contributed by atoms with Gasteiger partial charge in [0.25, 0.3) is 0 Å². The van der Waals surface area contributed by atoms with Crippen LogP contribution in [0.15, 0.2) is 24.3 Å². The summed E-state index contributed by atoms with van der Waals surface area (Å²) < 4.78 is 18.7. The fourth-order valence-electron chi connectivity index (χ4n) is 3.10. The SMILES string of the molecule is C[C@@H]1CN(C(C)(C)CNC(=O)CCc2ccc(F)cc2)C[C@H](C)O1. The van der Waals surface area contributed by atoms with Gasteiger partial charge in [0, 0.05) is 31.6 Å². The largest absolute Gasteiger partial charge is 0.373 e. The van der Waals surface area contributed by atoms with Crippen LogP contribution in [-0.2, 0) is 16.0 Å². The Labute approximate surface area is 144 Å². The molecule has 2 atom stereocenters. The Balaban J connectivity index is 1.78. The first-order chi connectivity index (χ1) is 11.3. The van der Waals surface area contributed by atoms with Crippen LogP contribution in [-0.4, -0.2) is 48.2 Å². The number of morpholine rings is 1. The van der Waals surface area contributed by atoms with Gasteiger partial charge in [0.1, 0.15) is 5.82 Å². The van der Waals surface area contributed by atoms with Gasteiger partial charge in [-0.2, -0.15) is 0 Å². The number of carbonyl (C=O) groups excluding carboxylic acids is 1. The van der Waals surface area contributed by atoms with Crippen molar-refractivity contribution in [3.05, 3.63) is 35.6 Å². The van der Waals surface area contributed by atoms with Gasteiger partial charge in [0.15, 0.2) is 0 Å². The van der Waals surface area contributed by atoms with Crippen molar-refractivity contribution in [2.75, 3.05) is 19.6 Å². The number of ether oxygens (including phenoxy) is 1. The van der Waals surface area contributed by atoms with Crippen molar-refractivity contribution in [1.29, 1.82) is 0 Å². The van der Waals surface area contributed by atoms with E-state index in [4.69, 9.17) is 4.74 Å². The number of benzene rings is 1. The first-order valence-electron chi connectivity index (χ1n) is 8.68. The molecule has 0 aliphatic carbocycles. The highest BCUT2D eigenvalue weighted by Gasteiger charge is 2.33. The quantitative estimate of drug-likeness (QED) is 0.868. The van der Waals surface area contributed by atoms with Gasteiger partial charge in [-0.25, -0.2) is 4.39 Å². The Morgan fingerprint density at radius 1 is 1.25 bits per heavy atom. The molecule has 24 heavy (non-hydrogen) atoms. The summed E-state index contributed by atoms with van der Waals surface area (Å²) in [5.41, 5.74) is 0.860. The molecule has 1 N–H and O–H groups in total. The van der Waals surface area contributed by atoms with Gasteiger partial charge in [-0.3, -0.25) is 9.69 Å². The van der Waals surface area contributed by atoms with Crippen molar-refractivity contribution < 1.29 is 13.9 Å². The number of carbonyl (C=O) groups is 1. The molecule has 1 heterocycles. The zero-order chi connectivity index (χ0) is 17.7. The highest BCUT2D eigenvalue weighted by molar-refractivity contribution is 5.76. The summed E-state index contributed by atoms with van der Waals surface area (Å²) in [6.07, 6.45) is 1.46. The average molecular weight is 336 g/mol. The zero-order valence-electron chi connectivity index (χ0n) is 15.1. The lowest BCUT2D eigenvalue weighted by Gasteiger charge is -2.45. The number of aryl methyl sites for hydroxylation is 1. The molecule has 1 aromatic rings. The van der Waals surface area contributed by atoms with Crippen LogP contribution in [0.2, 0.25) is 0 Å². The van der Waals surface area contributed by atoms with Crippen molar-refractivity contribution in [1.82, 2.24) is 10.2 Å². The Morgan fingerprint density at radius 2 is 1.83 bits per heavy atom. The molecule has 1 fully saturated rings. The first-order valence-corrected chi connectivity index (χ1v) is 8.68. The van der Waals surface area contributed by atoms with Crippen LogP contribution in [0.5, 0.6) is 0 Å². The van der Waals surface area contributed by atoms with E-state index >= 15 is 0 Å². The van der Waals surface area contributed by atoms with E-state index in [-0.39, 0.29) is 29.5 Å². The van der Waals surface area contributed by atoms with Crippen molar-refractivity contribution in [2.24, 2.45) is 0 Å². The Bertz CT molecular complexity index is 535. The lowest BCUT2D eigenvalue weighted by molar-refractivity contribution is -0.122. The Morgan fingerprint density at radius 3 is 2.42 bits per heavy atom. The first kappa shape index (κ1) is 18.9. The molecule has 2 rings (SSSR count). The van der Waals surface area contributed by atoms with Crippen LogP contribution in [0, 0.1) is 5.82 Å². The average Bonchev–Trinajstić information content (AvgIpc) is 2.51. The van der Waals surface area contributed by atoms with E-state index in [0.717, 1.165) is 18.7 Å². The summed E-state index contributed by atoms with van der Waals surface area (Å²) in [6, 6.07) is 6.31. The third kappa shape index (κ3) is 5.56. The summed E-state index contributed by atoms with van der Waals surface area (Å²) in [6.45, 7) is 10.8. The normalized spacial score (nSPS) is 22.4. The van der Waals surface area contributed by atoms with Gasteiger partial charge in [-0.15, -0.1) is 0 Å². The Hall–Kier alpha value is -1.46. The minimum Gasteiger partial charge on any atom is -0.373 e. The number of rotatable bonds is 6. The fourth-order valence-corrected chi connectivity index (χ4v) is 3.10. The zero-order valence-corrected chi connectivity index (χ0v) is 15.1. The highest BCUT2D eigenvalue weighted by atomic mass is 19.1. The maximum Gasteiger partial charge on any atom is 0.220 e. The molecule has 0 bridgehead atoms. The monoisotopic (exact) mass is 336 g/mol. The van der Waals surface area contributed by atoms with Crippen LogP contribution in [0.25, 0.3) is 0 Å². The van der Waals surface area contributed by atoms with E-state index in [9.17, 15) is 9.18 Å². The third-order valence-electron chi connectivity index (χ3n) is 4.55. The molecule has 5 heteroatoms. The second-order valence-electron chi connectivity index (χ2n) is 7.38. The number of hydrogen-bond donors (Lipinski definition) is 1. The molecule has 0 radical (unpaired) electrons. The summed E-state index contributed by atoms with van der Waals surface area (Å²) in [5.74, 6) is -0.222. The van der Waals surface area contributed by atoms with Crippen molar-refractivity contribution >= 4 is 5.91 Å². The molecule has 0 aromatic heterocycles. The number of nitrogens with zero attached hydrogens (tertiary/aromatic N) is 1. The molecular formula is C19H29FN2O2. The predicted molar refractivity (Wildman–Crippen MR) is 93.4 cm³/mol. The van der Waals surface area contributed by atoms with Crippen LogP contribution >= 0.6 is 0 Å². The van der Waals surface area contributed by atoms with Gasteiger partial charge in [-0.1, -0.05) is 12.1 Å². The molecule has 1 amide bonds. The van der Waals surface area contributed by atoms with E-state index in [2.05, 4.69) is 37.9 Å². The Kier molecular flexibility index (Phi) is 6.35. The van der Waals surface area contributed by atoms with Gasteiger partial charge < -0.3 is 10.1 Å². The molecule has 1 saturated heterocycles. The number of amides is 1. The van der Waals surface area contributed by atoms with Gasteiger partial charge in [0.05, 0.1) is 12.2 Å². The minimum atomic E-state index is -0.251. The smallest absolute Gasteiger partial charge is 0.220 e. The van der Waals surface area contributed by atoms with Gasteiger partial charge >= 0.3 is 0 Å². The molecule has 0 spiro atoms. The van der Waals surface area contributed by atoms with Crippen molar-refractivity contribution in [2.45, 2.75) is 58.3 Å². The van der Waals surface area contributed by atoms with E-state index in [1.54, 1.807) is 12.1 Å². The van der Waals surface area contributed by atoms with Crippen molar-refractivity contribution in [3.63, 3.8) is 0 Å².